The van der Waals surface area contributed by atoms with Gasteiger partial charge in [-0.25, -0.2) is 0 Å². The first-order valence-corrected chi connectivity index (χ1v) is 6.65. The first-order valence-electron chi connectivity index (χ1n) is 6.02. The summed E-state index contributed by atoms with van der Waals surface area (Å²) in [7, 11) is 0. The van der Waals surface area contributed by atoms with Gasteiger partial charge in [0.25, 0.3) is 0 Å². The Labute approximate surface area is 118 Å². The molecule has 98 valence electrons. The summed E-state index contributed by atoms with van der Waals surface area (Å²) in [5, 5.41) is 6.04. The van der Waals surface area contributed by atoms with Gasteiger partial charge >= 0.3 is 0 Å². The third kappa shape index (κ3) is 4.03. The minimum atomic E-state index is -0.109. The third-order valence-electron chi connectivity index (χ3n) is 2.65. The van der Waals surface area contributed by atoms with Gasteiger partial charge in [0, 0.05) is 17.1 Å². The van der Waals surface area contributed by atoms with Gasteiger partial charge in [-0.3, -0.25) is 4.79 Å². The Kier molecular flexibility index (Phi) is 4.47. The van der Waals surface area contributed by atoms with E-state index in [0.29, 0.717) is 0 Å². The van der Waals surface area contributed by atoms with Crippen LogP contribution < -0.4 is 10.6 Å². The standard InChI is InChI=1S/C15H16N2OS/c1-11-2-4-12(5-3-11)16-13-6-8-14(9-7-13)17-15(18)10-19/h2-9,16,19H,10H2,1H3,(H,17,18). The van der Waals surface area contributed by atoms with E-state index in [1.807, 2.05) is 36.4 Å². The molecular weight excluding hydrogens is 256 g/mol. The fourth-order valence-corrected chi connectivity index (χ4v) is 1.72. The topological polar surface area (TPSA) is 41.1 Å². The van der Waals surface area contributed by atoms with Crippen LogP contribution in [0.5, 0.6) is 0 Å². The van der Waals surface area contributed by atoms with Gasteiger partial charge in [-0.05, 0) is 43.3 Å². The number of carbonyl (C=O) groups is 1. The van der Waals surface area contributed by atoms with E-state index in [1.54, 1.807) is 0 Å². The highest BCUT2D eigenvalue weighted by Gasteiger charge is 1.99. The first kappa shape index (κ1) is 13.5. The van der Waals surface area contributed by atoms with Crippen molar-refractivity contribution in [3.63, 3.8) is 0 Å². The molecule has 0 aliphatic rings. The van der Waals surface area contributed by atoms with E-state index in [0.717, 1.165) is 17.1 Å². The number of rotatable bonds is 4. The van der Waals surface area contributed by atoms with Crippen molar-refractivity contribution < 1.29 is 4.79 Å². The monoisotopic (exact) mass is 272 g/mol. The van der Waals surface area contributed by atoms with E-state index in [2.05, 4.69) is 42.3 Å². The molecule has 0 saturated heterocycles. The maximum absolute atomic E-state index is 11.2. The molecule has 1 amide bonds. The van der Waals surface area contributed by atoms with Crippen LogP contribution in [-0.4, -0.2) is 11.7 Å². The van der Waals surface area contributed by atoms with Crippen LogP contribution >= 0.6 is 12.6 Å². The molecule has 2 N–H and O–H groups in total. The summed E-state index contributed by atoms with van der Waals surface area (Å²) in [5.41, 5.74) is 4.02. The Morgan fingerprint density at radius 1 is 0.947 bits per heavy atom. The molecule has 0 aromatic heterocycles. The number of aryl methyl sites for hydroxylation is 1. The van der Waals surface area contributed by atoms with Crippen LogP contribution in [0.4, 0.5) is 17.1 Å². The minimum Gasteiger partial charge on any atom is -0.356 e. The van der Waals surface area contributed by atoms with Crippen molar-refractivity contribution in [2.45, 2.75) is 6.92 Å². The largest absolute Gasteiger partial charge is 0.356 e. The normalized spacial score (nSPS) is 10.0. The molecule has 0 spiro atoms. The fraction of sp³-hybridized carbons (Fsp3) is 0.133. The van der Waals surface area contributed by atoms with E-state index >= 15 is 0 Å². The number of amides is 1. The fourth-order valence-electron chi connectivity index (χ4n) is 1.64. The highest BCUT2D eigenvalue weighted by molar-refractivity contribution is 7.81. The quantitative estimate of drug-likeness (QED) is 0.744. The molecule has 2 rings (SSSR count). The Hall–Kier alpha value is -1.94. The molecule has 0 radical (unpaired) electrons. The Balaban J connectivity index is 2.02. The Morgan fingerprint density at radius 3 is 1.95 bits per heavy atom. The second-order valence-corrected chi connectivity index (χ2v) is 4.59. The lowest BCUT2D eigenvalue weighted by Crippen LogP contribution is -2.12. The predicted molar refractivity (Wildman–Crippen MR) is 83.4 cm³/mol. The lowest BCUT2D eigenvalue weighted by atomic mass is 10.2. The molecule has 19 heavy (non-hydrogen) atoms. The first-order chi connectivity index (χ1) is 9.17. The Morgan fingerprint density at radius 2 is 1.42 bits per heavy atom. The van der Waals surface area contributed by atoms with Gasteiger partial charge in [-0.1, -0.05) is 17.7 Å². The summed E-state index contributed by atoms with van der Waals surface area (Å²) in [6, 6.07) is 15.8. The highest BCUT2D eigenvalue weighted by atomic mass is 32.1. The summed E-state index contributed by atoms with van der Waals surface area (Å²) < 4.78 is 0. The second kappa shape index (κ2) is 6.29. The number of hydrogen-bond acceptors (Lipinski definition) is 3. The van der Waals surface area contributed by atoms with E-state index in [4.69, 9.17) is 0 Å². The van der Waals surface area contributed by atoms with Gasteiger partial charge in [0.2, 0.25) is 5.91 Å². The van der Waals surface area contributed by atoms with E-state index in [-0.39, 0.29) is 11.7 Å². The predicted octanol–water partition coefficient (Wildman–Crippen LogP) is 3.61. The number of thiol groups is 1. The van der Waals surface area contributed by atoms with Gasteiger partial charge in [0.05, 0.1) is 5.75 Å². The van der Waals surface area contributed by atoms with Crippen molar-refractivity contribution in [2.24, 2.45) is 0 Å². The number of benzene rings is 2. The van der Waals surface area contributed by atoms with Crippen LogP contribution in [-0.2, 0) is 4.79 Å². The van der Waals surface area contributed by atoms with Gasteiger partial charge in [0.15, 0.2) is 0 Å². The molecule has 3 nitrogen and oxygen atoms in total. The lowest BCUT2D eigenvalue weighted by molar-refractivity contribution is -0.113. The highest BCUT2D eigenvalue weighted by Crippen LogP contribution is 2.19. The summed E-state index contributed by atoms with van der Waals surface area (Å²) in [5.74, 6) is 0.0752. The van der Waals surface area contributed by atoms with Crippen LogP contribution in [0.15, 0.2) is 48.5 Å². The van der Waals surface area contributed by atoms with Crippen LogP contribution in [0, 0.1) is 6.92 Å². The molecule has 0 aliphatic carbocycles. The lowest BCUT2D eigenvalue weighted by Gasteiger charge is -2.08. The molecule has 0 atom stereocenters. The molecule has 0 bridgehead atoms. The number of carbonyl (C=O) groups excluding carboxylic acids is 1. The molecule has 4 heteroatoms. The van der Waals surface area contributed by atoms with Crippen molar-refractivity contribution >= 4 is 35.6 Å². The maximum atomic E-state index is 11.2. The molecule has 0 saturated carbocycles. The number of hydrogen-bond donors (Lipinski definition) is 3. The van der Waals surface area contributed by atoms with E-state index < -0.39 is 0 Å². The second-order valence-electron chi connectivity index (χ2n) is 4.27. The van der Waals surface area contributed by atoms with Crippen molar-refractivity contribution in [3.8, 4) is 0 Å². The van der Waals surface area contributed by atoms with Gasteiger partial charge in [-0.15, -0.1) is 0 Å². The summed E-state index contributed by atoms with van der Waals surface area (Å²) in [6.07, 6.45) is 0. The zero-order valence-corrected chi connectivity index (χ0v) is 11.6. The molecule has 0 heterocycles. The van der Waals surface area contributed by atoms with Crippen LogP contribution in [0.1, 0.15) is 5.56 Å². The molecule has 0 aliphatic heterocycles. The minimum absolute atomic E-state index is 0.109. The summed E-state index contributed by atoms with van der Waals surface area (Å²) in [6.45, 7) is 2.06. The SMILES string of the molecule is Cc1ccc(Nc2ccc(NC(=O)CS)cc2)cc1. The molecule has 2 aromatic carbocycles. The van der Waals surface area contributed by atoms with Gasteiger partial charge in [-0.2, -0.15) is 12.6 Å². The van der Waals surface area contributed by atoms with Crippen LogP contribution in [0.3, 0.4) is 0 Å². The molecule has 2 aromatic rings. The zero-order chi connectivity index (χ0) is 13.7. The van der Waals surface area contributed by atoms with Crippen molar-refractivity contribution in [3.05, 3.63) is 54.1 Å². The van der Waals surface area contributed by atoms with E-state index in [1.165, 1.54) is 5.56 Å². The summed E-state index contributed by atoms with van der Waals surface area (Å²) in [4.78, 5) is 11.2. The maximum Gasteiger partial charge on any atom is 0.234 e. The van der Waals surface area contributed by atoms with Crippen molar-refractivity contribution in [1.82, 2.24) is 0 Å². The smallest absolute Gasteiger partial charge is 0.234 e. The van der Waals surface area contributed by atoms with Crippen LogP contribution in [0.25, 0.3) is 0 Å². The van der Waals surface area contributed by atoms with Gasteiger partial charge in [0.1, 0.15) is 0 Å². The average molecular weight is 272 g/mol. The van der Waals surface area contributed by atoms with Crippen molar-refractivity contribution in [2.75, 3.05) is 16.4 Å². The zero-order valence-electron chi connectivity index (χ0n) is 10.7. The molecular formula is C15H16N2OS. The summed E-state index contributed by atoms with van der Waals surface area (Å²) >= 11 is 3.92. The number of nitrogens with one attached hydrogen (secondary N) is 2. The molecule has 0 unspecified atom stereocenters. The van der Waals surface area contributed by atoms with Crippen LogP contribution in [0.2, 0.25) is 0 Å². The van der Waals surface area contributed by atoms with E-state index in [9.17, 15) is 4.79 Å². The third-order valence-corrected chi connectivity index (χ3v) is 2.94. The number of anilines is 3. The van der Waals surface area contributed by atoms with Gasteiger partial charge < -0.3 is 10.6 Å². The molecule has 0 fully saturated rings. The van der Waals surface area contributed by atoms with Crippen molar-refractivity contribution in [1.29, 1.82) is 0 Å². The average Bonchev–Trinajstić information content (AvgIpc) is 2.43. The Bertz CT molecular complexity index is 549.